The summed E-state index contributed by atoms with van der Waals surface area (Å²) in [5, 5.41) is 8.98. The Morgan fingerprint density at radius 1 is 1.19 bits per heavy atom. The quantitative estimate of drug-likeness (QED) is 0.581. The Hall–Kier alpha value is -2.43. The number of benzene rings is 1. The van der Waals surface area contributed by atoms with Gasteiger partial charge in [0.2, 0.25) is 0 Å². The van der Waals surface area contributed by atoms with E-state index in [2.05, 4.69) is 16.0 Å². The van der Waals surface area contributed by atoms with E-state index in [-0.39, 0.29) is 6.61 Å². The van der Waals surface area contributed by atoms with Crippen LogP contribution in [0.15, 0.2) is 48.8 Å². The summed E-state index contributed by atoms with van der Waals surface area (Å²) in [4.78, 5) is 6.18. The van der Waals surface area contributed by atoms with Crippen LogP contribution < -0.4 is 0 Å². The van der Waals surface area contributed by atoms with Crippen molar-refractivity contribution < 1.29 is 17.9 Å². The Kier molecular flexibility index (Phi) is 7.03. The third-order valence-corrected chi connectivity index (χ3v) is 6.52. The molecule has 1 saturated heterocycles. The second kappa shape index (κ2) is 9.37. The second-order valence-electron chi connectivity index (χ2n) is 8.38. The summed E-state index contributed by atoms with van der Waals surface area (Å²) in [5.74, 6) is 0. The molecule has 31 heavy (non-hydrogen) atoms. The lowest BCUT2D eigenvalue weighted by Crippen LogP contribution is -2.59. The van der Waals surface area contributed by atoms with Crippen LogP contribution in [0.4, 0.5) is 13.2 Å². The first-order chi connectivity index (χ1) is 14.7. The van der Waals surface area contributed by atoms with Crippen LogP contribution in [0.25, 0.3) is 0 Å². The molecule has 2 aromatic rings. The summed E-state index contributed by atoms with van der Waals surface area (Å²) >= 11 is 0. The number of hydrogen-bond donors (Lipinski definition) is 0. The number of nitrogens with zero attached hydrogens (tertiary/aromatic N) is 3. The Morgan fingerprint density at radius 3 is 2.52 bits per heavy atom. The first kappa shape index (κ1) is 23.2. The van der Waals surface area contributed by atoms with E-state index in [1.54, 1.807) is 31.5 Å². The van der Waals surface area contributed by atoms with Gasteiger partial charge in [0.15, 0.2) is 5.60 Å². The zero-order chi connectivity index (χ0) is 22.5. The molecule has 166 valence electrons. The van der Waals surface area contributed by atoms with E-state index in [0.717, 1.165) is 11.1 Å². The highest BCUT2D eigenvalue weighted by atomic mass is 19.4. The smallest absolute Gasteiger partial charge is 0.365 e. The van der Waals surface area contributed by atoms with Crippen molar-refractivity contribution >= 4 is 0 Å². The highest BCUT2D eigenvalue weighted by Crippen LogP contribution is 2.53. The van der Waals surface area contributed by atoms with Crippen LogP contribution in [0.5, 0.6) is 0 Å². The molecule has 3 rings (SSSR count). The van der Waals surface area contributed by atoms with Crippen molar-refractivity contribution in [3.8, 4) is 6.07 Å². The number of halogens is 3. The maximum absolute atomic E-state index is 14.4. The Balaban J connectivity index is 1.87. The van der Waals surface area contributed by atoms with Crippen molar-refractivity contribution in [3.63, 3.8) is 0 Å². The minimum atomic E-state index is -4.49. The molecule has 1 aromatic carbocycles. The molecule has 2 heterocycles. The zero-order valence-electron chi connectivity index (χ0n) is 18.0. The molecule has 0 spiro atoms. The molecule has 2 unspecified atom stereocenters. The lowest BCUT2D eigenvalue weighted by Gasteiger charge is -2.47. The van der Waals surface area contributed by atoms with Gasteiger partial charge in [-0.25, -0.2) is 0 Å². The number of hydrogen-bond acceptors (Lipinski definition) is 4. The van der Waals surface area contributed by atoms with Crippen LogP contribution >= 0.6 is 0 Å². The average Bonchev–Trinajstić information content (AvgIpc) is 3.17. The normalized spacial score (nSPS) is 21.5. The van der Waals surface area contributed by atoms with Gasteiger partial charge in [0.05, 0.1) is 11.6 Å². The third-order valence-electron chi connectivity index (χ3n) is 6.52. The van der Waals surface area contributed by atoms with Crippen LogP contribution in [-0.4, -0.2) is 41.4 Å². The van der Waals surface area contributed by atoms with Gasteiger partial charge in [-0.05, 0) is 69.0 Å². The van der Waals surface area contributed by atoms with E-state index >= 15 is 0 Å². The lowest BCUT2D eigenvalue weighted by molar-refractivity contribution is -0.310. The molecule has 0 aliphatic carbocycles. The largest absolute Gasteiger partial charge is 0.417 e. The summed E-state index contributed by atoms with van der Waals surface area (Å²) in [6.45, 7) is 4.25. The minimum Gasteiger partial charge on any atom is -0.365 e. The van der Waals surface area contributed by atoms with Gasteiger partial charge in [0, 0.05) is 37.5 Å². The molecule has 1 aromatic heterocycles. The molecule has 0 N–H and O–H groups in total. The van der Waals surface area contributed by atoms with Gasteiger partial charge in [0.25, 0.3) is 0 Å². The minimum absolute atomic E-state index is 0.00275. The maximum atomic E-state index is 14.4. The number of likely N-dealkylation sites (tertiary alicyclic amines) is 1. The molecular weight excluding hydrogens is 403 g/mol. The van der Waals surface area contributed by atoms with Gasteiger partial charge in [-0.2, -0.15) is 18.4 Å². The van der Waals surface area contributed by atoms with Gasteiger partial charge in [-0.3, -0.25) is 9.88 Å². The van der Waals surface area contributed by atoms with E-state index in [4.69, 9.17) is 10.00 Å². The van der Waals surface area contributed by atoms with E-state index in [9.17, 15) is 13.2 Å². The van der Waals surface area contributed by atoms with Crippen LogP contribution in [0.1, 0.15) is 43.4 Å². The van der Waals surface area contributed by atoms with Gasteiger partial charge in [-0.15, -0.1) is 0 Å². The molecule has 7 heteroatoms. The van der Waals surface area contributed by atoms with Gasteiger partial charge < -0.3 is 4.74 Å². The van der Waals surface area contributed by atoms with Crippen molar-refractivity contribution in [2.45, 2.75) is 51.4 Å². The first-order valence-electron chi connectivity index (χ1n) is 10.5. The fraction of sp³-hybridized carbons (Fsp3) is 0.500. The molecular formula is C24H28F3N3O. The number of alkyl halides is 3. The van der Waals surface area contributed by atoms with Crippen LogP contribution in [0.2, 0.25) is 0 Å². The van der Waals surface area contributed by atoms with Gasteiger partial charge >= 0.3 is 6.18 Å². The number of rotatable bonds is 8. The van der Waals surface area contributed by atoms with Crippen LogP contribution in [0.3, 0.4) is 0 Å². The summed E-state index contributed by atoms with van der Waals surface area (Å²) < 4.78 is 48.6. The average molecular weight is 432 g/mol. The number of aryl methyl sites for hydroxylation is 1. The maximum Gasteiger partial charge on any atom is 0.417 e. The number of ether oxygens (including phenoxy) is 1. The number of nitriles is 1. The monoisotopic (exact) mass is 431 g/mol. The van der Waals surface area contributed by atoms with E-state index < -0.39 is 17.2 Å². The molecule has 1 aliphatic rings. The SMILES string of the molecule is CCOC(C)(C(F)(F)F)C1(CCc2ccc(C#N)cc2)CCN(Cc2cccnc2)C1. The standard InChI is InChI=1S/C24H28F3N3O/c1-3-31-22(2,24(25,26)27)23(11-10-19-6-8-20(15-28)9-7-19)12-14-30(18-23)17-21-5-4-13-29-16-21/h4-9,13,16H,3,10-12,14,17-18H2,1-2H3. The van der Waals surface area contributed by atoms with Gasteiger partial charge in [-0.1, -0.05) is 18.2 Å². The van der Waals surface area contributed by atoms with Crippen LogP contribution in [0, 0.1) is 16.7 Å². The summed E-state index contributed by atoms with van der Waals surface area (Å²) in [6, 6.07) is 12.9. The van der Waals surface area contributed by atoms with E-state index in [1.807, 2.05) is 24.3 Å². The molecule has 0 amide bonds. The number of pyridine rings is 1. The second-order valence-corrected chi connectivity index (χ2v) is 8.38. The van der Waals surface area contributed by atoms with Crippen LogP contribution in [-0.2, 0) is 17.7 Å². The summed E-state index contributed by atoms with van der Waals surface area (Å²) in [5.41, 5.74) is -0.875. The fourth-order valence-electron chi connectivity index (χ4n) is 4.63. The van der Waals surface area contributed by atoms with E-state index in [1.165, 1.54) is 6.92 Å². The lowest BCUT2D eigenvalue weighted by atomic mass is 9.67. The Bertz CT molecular complexity index is 895. The predicted octanol–water partition coefficient (Wildman–Crippen LogP) is 5.14. The third kappa shape index (κ3) is 4.91. The molecule has 0 saturated carbocycles. The molecule has 1 fully saturated rings. The van der Waals surface area contributed by atoms with Crippen molar-refractivity contribution in [2.24, 2.45) is 5.41 Å². The fourth-order valence-corrected chi connectivity index (χ4v) is 4.63. The number of aromatic nitrogens is 1. The Morgan fingerprint density at radius 2 is 1.94 bits per heavy atom. The zero-order valence-corrected chi connectivity index (χ0v) is 18.0. The molecule has 2 atom stereocenters. The first-order valence-corrected chi connectivity index (χ1v) is 10.5. The van der Waals surface area contributed by atoms with Crippen molar-refractivity contribution in [3.05, 3.63) is 65.5 Å². The van der Waals surface area contributed by atoms with Crippen molar-refractivity contribution in [1.29, 1.82) is 5.26 Å². The summed E-state index contributed by atoms with van der Waals surface area (Å²) in [6.07, 6.45) is 0.189. The predicted molar refractivity (Wildman–Crippen MR) is 112 cm³/mol. The molecule has 0 bridgehead atoms. The molecule has 4 nitrogen and oxygen atoms in total. The highest BCUT2D eigenvalue weighted by Gasteiger charge is 2.65. The van der Waals surface area contributed by atoms with Crippen molar-refractivity contribution in [2.75, 3.05) is 19.7 Å². The van der Waals surface area contributed by atoms with E-state index in [0.29, 0.717) is 44.5 Å². The topological polar surface area (TPSA) is 49.1 Å². The molecule has 0 radical (unpaired) electrons. The highest BCUT2D eigenvalue weighted by molar-refractivity contribution is 5.31. The van der Waals surface area contributed by atoms with Gasteiger partial charge in [0.1, 0.15) is 0 Å². The van der Waals surface area contributed by atoms with Crippen molar-refractivity contribution in [1.82, 2.24) is 9.88 Å². The Labute approximate surface area is 181 Å². The summed E-state index contributed by atoms with van der Waals surface area (Å²) in [7, 11) is 0. The molecule has 1 aliphatic heterocycles.